The SMILES string of the molecule is CCc1nn(C[C@H](C)NC(=O)OC(C)(C)C)c(CC)c1S(=O)(=O)c1ccc(NC(=O)C(C)(C)CCl)cc1. The number of halogens is 1. The molecule has 2 rings (SSSR count). The van der Waals surface area contributed by atoms with E-state index in [0.29, 0.717) is 29.9 Å². The van der Waals surface area contributed by atoms with E-state index in [4.69, 9.17) is 16.3 Å². The largest absolute Gasteiger partial charge is 0.444 e. The molecule has 0 radical (unpaired) electrons. The van der Waals surface area contributed by atoms with Gasteiger partial charge in [-0.1, -0.05) is 13.8 Å². The Hall–Kier alpha value is -2.59. The van der Waals surface area contributed by atoms with E-state index in [0.717, 1.165) is 0 Å². The maximum absolute atomic E-state index is 13.7. The van der Waals surface area contributed by atoms with Crippen molar-refractivity contribution in [1.29, 1.82) is 0 Å². The molecule has 1 heterocycles. The van der Waals surface area contributed by atoms with Crippen molar-refractivity contribution >= 4 is 39.1 Å². The van der Waals surface area contributed by atoms with Gasteiger partial charge in [0.2, 0.25) is 15.7 Å². The summed E-state index contributed by atoms with van der Waals surface area (Å²) < 4.78 is 34.4. The first-order valence-electron chi connectivity index (χ1n) is 12.4. The van der Waals surface area contributed by atoms with Gasteiger partial charge >= 0.3 is 6.09 Å². The van der Waals surface area contributed by atoms with Gasteiger partial charge in [0.1, 0.15) is 10.5 Å². The highest BCUT2D eigenvalue weighted by Crippen LogP contribution is 2.30. The molecule has 0 aliphatic heterocycles. The molecule has 0 aliphatic rings. The smallest absolute Gasteiger partial charge is 0.407 e. The molecule has 1 aromatic heterocycles. The average Bonchev–Trinajstić information content (AvgIpc) is 3.15. The minimum absolute atomic E-state index is 0.103. The average molecular weight is 555 g/mol. The lowest BCUT2D eigenvalue weighted by atomic mass is 9.95. The molecular formula is C26H39ClN4O5S. The molecular weight excluding hydrogens is 516 g/mol. The van der Waals surface area contributed by atoms with E-state index in [1.807, 2.05) is 20.8 Å². The number of rotatable bonds is 10. The molecule has 0 fully saturated rings. The summed E-state index contributed by atoms with van der Waals surface area (Å²) >= 11 is 5.87. The number of ether oxygens (including phenoxy) is 1. The topological polar surface area (TPSA) is 119 Å². The number of nitrogens with one attached hydrogen (secondary N) is 2. The number of alkyl halides is 1. The van der Waals surface area contributed by atoms with Crippen LogP contribution in [-0.2, 0) is 38.8 Å². The van der Waals surface area contributed by atoms with Gasteiger partial charge in [-0.3, -0.25) is 9.48 Å². The van der Waals surface area contributed by atoms with Crippen molar-refractivity contribution < 1.29 is 22.7 Å². The van der Waals surface area contributed by atoms with E-state index in [2.05, 4.69) is 15.7 Å². The van der Waals surface area contributed by atoms with E-state index >= 15 is 0 Å². The fourth-order valence-corrected chi connectivity index (χ4v) is 5.49. The van der Waals surface area contributed by atoms with E-state index in [-0.39, 0.29) is 34.2 Å². The van der Waals surface area contributed by atoms with Crippen molar-refractivity contribution in [2.24, 2.45) is 5.41 Å². The van der Waals surface area contributed by atoms with Crippen LogP contribution in [0, 0.1) is 5.41 Å². The lowest BCUT2D eigenvalue weighted by Gasteiger charge is -2.22. The number of aromatic nitrogens is 2. The summed E-state index contributed by atoms with van der Waals surface area (Å²) in [5.41, 5.74) is 0.117. The van der Waals surface area contributed by atoms with Crippen LogP contribution in [0.5, 0.6) is 0 Å². The van der Waals surface area contributed by atoms with Crippen LogP contribution in [0.4, 0.5) is 10.5 Å². The maximum Gasteiger partial charge on any atom is 0.407 e. The fourth-order valence-electron chi connectivity index (χ4n) is 3.58. The molecule has 2 amide bonds. The molecule has 9 nitrogen and oxygen atoms in total. The minimum atomic E-state index is -3.89. The van der Waals surface area contributed by atoms with Gasteiger partial charge in [0.25, 0.3) is 0 Å². The normalized spacial score (nSPS) is 13.2. The summed E-state index contributed by atoms with van der Waals surface area (Å²) in [6.07, 6.45) is 0.308. The Labute approximate surface area is 225 Å². The lowest BCUT2D eigenvalue weighted by molar-refractivity contribution is -0.122. The predicted molar refractivity (Wildman–Crippen MR) is 145 cm³/mol. The van der Waals surface area contributed by atoms with Gasteiger partial charge in [-0.05, 0) is 78.6 Å². The number of aryl methyl sites for hydroxylation is 1. The molecule has 2 aromatic rings. The second-order valence-electron chi connectivity index (χ2n) is 10.7. The number of alkyl carbamates (subject to hydrolysis) is 1. The van der Waals surface area contributed by atoms with Gasteiger partial charge in [0.15, 0.2) is 0 Å². The predicted octanol–water partition coefficient (Wildman–Crippen LogP) is 4.96. The molecule has 0 bridgehead atoms. The molecule has 1 atom stereocenters. The van der Waals surface area contributed by atoms with Crippen LogP contribution in [0.1, 0.15) is 66.8 Å². The van der Waals surface area contributed by atoms with Crippen molar-refractivity contribution in [2.45, 2.75) is 96.2 Å². The summed E-state index contributed by atoms with van der Waals surface area (Å²) in [6.45, 7) is 14.6. The highest BCUT2D eigenvalue weighted by molar-refractivity contribution is 7.91. The first kappa shape index (κ1) is 30.6. The second-order valence-corrected chi connectivity index (χ2v) is 12.8. The maximum atomic E-state index is 13.7. The van der Waals surface area contributed by atoms with E-state index in [9.17, 15) is 18.0 Å². The van der Waals surface area contributed by atoms with Crippen LogP contribution < -0.4 is 10.6 Å². The Bertz CT molecular complexity index is 1210. The number of hydrogen-bond acceptors (Lipinski definition) is 6. The summed E-state index contributed by atoms with van der Waals surface area (Å²) in [6, 6.07) is 5.72. The highest BCUT2D eigenvalue weighted by atomic mass is 35.5. The number of carbonyl (C=O) groups excluding carboxylic acids is 2. The second kappa shape index (κ2) is 11.9. The molecule has 0 saturated heterocycles. The molecule has 11 heteroatoms. The molecule has 37 heavy (non-hydrogen) atoms. The summed E-state index contributed by atoms with van der Waals surface area (Å²) in [5.74, 6) is -0.101. The number of amides is 2. The standard InChI is InChI=1S/C26H39ClN4O5S/c1-9-20-22(21(10-2)31(30-20)15-17(3)28-24(33)36-25(4,5)6)37(34,35)19-13-11-18(12-14-19)29-23(32)26(7,8)16-27/h11-14,17H,9-10,15-16H2,1-8H3,(H,28,33)(H,29,32)/t17-/m0/s1. The number of sulfone groups is 1. The summed E-state index contributed by atoms with van der Waals surface area (Å²) in [5, 5.41) is 10.1. The third-order valence-electron chi connectivity index (χ3n) is 5.60. The van der Waals surface area contributed by atoms with Gasteiger partial charge in [-0.2, -0.15) is 5.10 Å². The summed E-state index contributed by atoms with van der Waals surface area (Å²) in [7, 11) is -3.89. The third kappa shape index (κ3) is 7.70. The van der Waals surface area contributed by atoms with E-state index in [1.54, 1.807) is 51.4 Å². The fraction of sp³-hybridized carbons (Fsp3) is 0.577. The van der Waals surface area contributed by atoms with Gasteiger partial charge < -0.3 is 15.4 Å². The molecule has 0 spiro atoms. The zero-order valence-corrected chi connectivity index (χ0v) is 24.5. The van der Waals surface area contributed by atoms with Crippen molar-refractivity contribution in [2.75, 3.05) is 11.2 Å². The zero-order chi connectivity index (χ0) is 28.2. The van der Waals surface area contributed by atoms with Crippen LogP contribution >= 0.6 is 11.6 Å². The Balaban J connectivity index is 2.34. The van der Waals surface area contributed by atoms with Crippen molar-refractivity contribution in [3.8, 4) is 0 Å². The van der Waals surface area contributed by atoms with E-state index in [1.165, 1.54) is 12.1 Å². The number of nitrogens with zero attached hydrogens (tertiary/aromatic N) is 2. The van der Waals surface area contributed by atoms with Crippen molar-refractivity contribution in [1.82, 2.24) is 15.1 Å². The van der Waals surface area contributed by atoms with Crippen LogP contribution in [0.25, 0.3) is 0 Å². The number of benzene rings is 1. The Morgan fingerprint density at radius 3 is 2.16 bits per heavy atom. The van der Waals surface area contributed by atoms with Crippen molar-refractivity contribution in [3.05, 3.63) is 35.7 Å². The quantitative estimate of drug-likeness (QED) is 0.401. The van der Waals surface area contributed by atoms with Crippen molar-refractivity contribution in [3.63, 3.8) is 0 Å². The molecule has 0 unspecified atom stereocenters. The van der Waals surface area contributed by atoms with Crippen LogP contribution in [0.3, 0.4) is 0 Å². The van der Waals surface area contributed by atoms with Crippen LogP contribution in [0.2, 0.25) is 0 Å². The number of anilines is 1. The van der Waals surface area contributed by atoms with Gasteiger partial charge in [-0.25, -0.2) is 13.2 Å². The minimum Gasteiger partial charge on any atom is -0.444 e. The molecule has 2 N–H and O–H groups in total. The lowest BCUT2D eigenvalue weighted by Crippen LogP contribution is -2.40. The van der Waals surface area contributed by atoms with Crippen LogP contribution in [-0.4, -0.2) is 47.7 Å². The zero-order valence-electron chi connectivity index (χ0n) is 22.9. The summed E-state index contributed by atoms with van der Waals surface area (Å²) in [4.78, 5) is 24.8. The van der Waals surface area contributed by atoms with Gasteiger partial charge in [0, 0.05) is 17.6 Å². The monoisotopic (exact) mass is 554 g/mol. The van der Waals surface area contributed by atoms with Gasteiger partial charge in [-0.15, -0.1) is 11.6 Å². The van der Waals surface area contributed by atoms with E-state index < -0.39 is 26.9 Å². The number of carbonyl (C=O) groups is 2. The Morgan fingerprint density at radius 1 is 1.08 bits per heavy atom. The first-order valence-corrected chi connectivity index (χ1v) is 14.4. The molecule has 0 aliphatic carbocycles. The van der Waals surface area contributed by atoms with Crippen LogP contribution in [0.15, 0.2) is 34.1 Å². The Kier molecular flexibility index (Phi) is 9.81. The Morgan fingerprint density at radius 2 is 1.68 bits per heavy atom. The number of hydrogen-bond donors (Lipinski definition) is 2. The third-order valence-corrected chi connectivity index (χ3v) is 8.17. The highest BCUT2D eigenvalue weighted by Gasteiger charge is 2.30. The van der Waals surface area contributed by atoms with Gasteiger partial charge in [0.05, 0.1) is 28.2 Å². The first-order chi connectivity index (χ1) is 17.1. The molecule has 0 saturated carbocycles. The molecule has 206 valence electrons. The molecule has 1 aromatic carbocycles.